The Bertz CT molecular complexity index is 254. The highest BCUT2D eigenvalue weighted by atomic mass is 32.2. The molecule has 5 heteroatoms. The molecule has 2 fully saturated rings. The number of rotatable bonds is 1. The van der Waals surface area contributed by atoms with Crippen molar-refractivity contribution < 1.29 is 9.59 Å². The van der Waals surface area contributed by atoms with E-state index in [2.05, 4.69) is 0 Å². The van der Waals surface area contributed by atoms with Gasteiger partial charge in [0.1, 0.15) is 0 Å². The number of nitrogens with two attached hydrogens (primary N) is 1. The van der Waals surface area contributed by atoms with Gasteiger partial charge in [-0.3, -0.25) is 14.5 Å². The lowest BCUT2D eigenvalue weighted by atomic mass is 10.2. The van der Waals surface area contributed by atoms with Crippen molar-refractivity contribution in [2.45, 2.75) is 31.3 Å². The summed E-state index contributed by atoms with van der Waals surface area (Å²) in [5, 5.41) is 0. The molecule has 2 N–H and O–H groups in total. The minimum atomic E-state index is -0.0367. The van der Waals surface area contributed by atoms with E-state index in [9.17, 15) is 9.59 Å². The van der Waals surface area contributed by atoms with Crippen LogP contribution in [0.15, 0.2) is 0 Å². The highest BCUT2D eigenvalue weighted by molar-refractivity contribution is 8.00. The van der Waals surface area contributed by atoms with E-state index in [1.54, 1.807) is 0 Å². The fourth-order valence-electron chi connectivity index (χ4n) is 2.14. The molecule has 1 saturated carbocycles. The average molecular weight is 214 g/mol. The summed E-state index contributed by atoms with van der Waals surface area (Å²) in [5.41, 5.74) is 5.77. The maximum Gasteiger partial charge on any atom is 0.239 e. The first kappa shape index (κ1) is 9.98. The van der Waals surface area contributed by atoms with E-state index in [1.807, 2.05) is 0 Å². The van der Waals surface area contributed by atoms with Crippen molar-refractivity contribution in [1.29, 1.82) is 0 Å². The Balaban J connectivity index is 2.07. The lowest BCUT2D eigenvalue weighted by Crippen LogP contribution is -2.48. The minimum absolute atomic E-state index is 0.0367. The van der Waals surface area contributed by atoms with Crippen LogP contribution in [-0.2, 0) is 9.59 Å². The summed E-state index contributed by atoms with van der Waals surface area (Å²) in [7, 11) is 0. The lowest BCUT2D eigenvalue weighted by Gasteiger charge is -2.30. The van der Waals surface area contributed by atoms with Crippen molar-refractivity contribution >= 4 is 23.6 Å². The Kier molecular flexibility index (Phi) is 2.78. The van der Waals surface area contributed by atoms with Gasteiger partial charge in [-0.05, 0) is 19.3 Å². The molecule has 2 rings (SSSR count). The Labute approximate surface area is 87.2 Å². The molecule has 0 spiro atoms. The van der Waals surface area contributed by atoms with Crippen LogP contribution in [0.2, 0.25) is 0 Å². The zero-order valence-corrected chi connectivity index (χ0v) is 8.76. The SMILES string of the molecule is NC1CCC(N2C(=O)CSCC2=O)C1. The maximum absolute atomic E-state index is 11.5. The van der Waals surface area contributed by atoms with Gasteiger partial charge < -0.3 is 5.73 Å². The molecule has 1 saturated heterocycles. The summed E-state index contributed by atoms with van der Waals surface area (Å²) in [4.78, 5) is 24.5. The summed E-state index contributed by atoms with van der Waals surface area (Å²) >= 11 is 1.40. The van der Waals surface area contributed by atoms with Crippen LogP contribution in [0.5, 0.6) is 0 Å². The molecular weight excluding hydrogens is 200 g/mol. The van der Waals surface area contributed by atoms with E-state index in [0.717, 1.165) is 19.3 Å². The number of amides is 2. The molecule has 0 aromatic heterocycles. The molecule has 2 amide bonds. The van der Waals surface area contributed by atoms with Crippen LogP contribution in [0, 0.1) is 0 Å². The molecule has 1 aliphatic carbocycles. The van der Waals surface area contributed by atoms with Crippen LogP contribution < -0.4 is 5.73 Å². The molecule has 14 heavy (non-hydrogen) atoms. The number of hydrogen-bond donors (Lipinski definition) is 1. The standard InChI is InChI=1S/C9H14N2O2S/c10-6-1-2-7(3-6)11-8(12)4-14-5-9(11)13/h6-7H,1-5,10H2. The molecule has 0 bridgehead atoms. The van der Waals surface area contributed by atoms with Crippen molar-refractivity contribution in [3.8, 4) is 0 Å². The zero-order chi connectivity index (χ0) is 10.1. The van der Waals surface area contributed by atoms with Gasteiger partial charge >= 0.3 is 0 Å². The van der Waals surface area contributed by atoms with Gasteiger partial charge in [-0.15, -0.1) is 11.8 Å². The fourth-order valence-corrected chi connectivity index (χ4v) is 2.87. The number of nitrogens with zero attached hydrogens (tertiary/aromatic N) is 1. The summed E-state index contributed by atoms with van der Waals surface area (Å²) in [5.74, 6) is 0.810. The average Bonchev–Trinajstić information content (AvgIpc) is 2.51. The number of carbonyl (C=O) groups excluding carboxylic acids is 2. The molecule has 0 aromatic rings. The summed E-state index contributed by atoms with van der Waals surface area (Å²) in [6.07, 6.45) is 2.58. The van der Waals surface area contributed by atoms with Crippen LogP contribution in [0.25, 0.3) is 0 Å². The van der Waals surface area contributed by atoms with Gasteiger partial charge in [0.25, 0.3) is 0 Å². The van der Waals surface area contributed by atoms with E-state index in [0.29, 0.717) is 11.5 Å². The predicted octanol–water partition coefficient (Wildman–Crippen LogP) is -0.0318. The van der Waals surface area contributed by atoms with Crippen molar-refractivity contribution in [1.82, 2.24) is 4.90 Å². The Morgan fingerprint density at radius 2 is 1.86 bits per heavy atom. The van der Waals surface area contributed by atoms with E-state index in [4.69, 9.17) is 5.73 Å². The van der Waals surface area contributed by atoms with Gasteiger partial charge in [0, 0.05) is 12.1 Å². The highest BCUT2D eigenvalue weighted by Crippen LogP contribution is 2.26. The molecule has 4 nitrogen and oxygen atoms in total. The predicted molar refractivity (Wildman–Crippen MR) is 54.8 cm³/mol. The first-order valence-corrected chi connectivity index (χ1v) is 6.02. The van der Waals surface area contributed by atoms with Crippen molar-refractivity contribution in [3.63, 3.8) is 0 Å². The van der Waals surface area contributed by atoms with Gasteiger partial charge in [0.15, 0.2) is 0 Å². The van der Waals surface area contributed by atoms with E-state index in [1.165, 1.54) is 16.7 Å². The number of thioether (sulfide) groups is 1. The quantitative estimate of drug-likeness (QED) is 0.622. The van der Waals surface area contributed by atoms with Crippen molar-refractivity contribution in [3.05, 3.63) is 0 Å². The van der Waals surface area contributed by atoms with E-state index < -0.39 is 0 Å². The molecule has 0 aromatic carbocycles. The van der Waals surface area contributed by atoms with Crippen molar-refractivity contribution in [2.75, 3.05) is 11.5 Å². The maximum atomic E-state index is 11.5. The van der Waals surface area contributed by atoms with E-state index in [-0.39, 0.29) is 23.9 Å². The van der Waals surface area contributed by atoms with E-state index >= 15 is 0 Å². The van der Waals surface area contributed by atoms with Crippen LogP contribution in [0.3, 0.4) is 0 Å². The third-order valence-corrected chi connectivity index (χ3v) is 3.70. The molecular formula is C9H14N2O2S. The Hall–Kier alpha value is -0.550. The summed E-state index contributed by atoms with van der Waals surface area (Å²) in [6, 6.07) is 0.237. The summed E-state index contributed by atoms with van der Waals surface area (Å²) in [6.45, 7) is 0. The zero-order valence-electron chi connectivity index (χ0n) is 7.94. The Morgan fingerprint density at radius 1 is 1.21 bits per heavy atom. The number of hydrogen-bond acceptors (Lipinski definition) is 4. The molecule has 1 heterocycles. The molecule has 2 aliphatic rings. The lowest BCUT2D eigenvalue weighted by molar-refractivity contribution is -0.144. The molecule has 78 valence electrons. The molecule has 1 aliphatic heterocycles. The van der Waals surface area contributed by atoms with Gasteiger partial charge in [-0.25, -0.2) is 0 Å². The molecule has 2 unspecified atom stereocenters. The van der Waals surface area contributed by atoms with Gasteiger partial charge in [0.2, 0.25) is 11.8 Å². The largest absolute Gasteiger partial charge is 0.328 e. The topological polar surface area (TPSA) is 63.4 Å². The number of imide groups is 1. The van der Waals surface area contributed by atoms with Crippen LogP contribution >= 0.6 is 11.8 Å². The minimum Gasteiger partial charge on any atom is -0.328 e. The summed E-state index contributed by atoms with van der Waals surface area (Å²) < 4.78 is 0. The van der Waals surface area contributed by atoms with Crippen molar-refractivity contribution in [2.24, 2.45) is 5.73 Å². The second-order valence-electron chi connectivity index (χ2n) is 3.88. The van der Waals surface area contributed by atoms with Crippen LogP contribution in [0.1, 0.15) is 19.3 Å². The van der Waals surface area contributed by atoms with Gasteiger partial charge in [0.05, 0.1) is 11.5 Å². The fraction of sp³-hybridized carbons (Fsp3) is 0.778. The van der Waals surface area contributed by atoms with Crippen LogP contribution in [0.4, 0.5) is 0 Å². The third-order valence-electron chi connectivity index (χ3n) is 2.80. The normalized spacial score (nSPS) is 33.9. The van der Waals surface area contributed by atoms with Crippen LogP contribution in [-0.4, -0.2) is 40.3 Å². The first-order chi connectivity index (χ1) is 6.68. The second-order valence-corrected chi connectivity index (χ2v) is 4.86. The highest BCUT2D eigenvalue weighted by Gasteiger charge is 2.36. The van der Waals surface area contributed by atoms with Gasteiger partial charge in [-0.1, -0.05) is 0 Å². The third kappa shape index (κ3) is 1.79. The first-order valence-electron chi connectivity index (χ1n) is 4.86. The molecule has 2 atom stereocenters. The number of carbonyl (C=O) groups is 2. The molecule has 0 radical (unpaired) electrons. The smallest absolute Gasteiger partial charge is 0.239 e. The monoisotopic (exact) mass is 214 g/mol. The second kappa shape index (κ2) is 3.90. The van der Waals surface area contributed by atoms with Gasteiger partial charge in [-0.2, -0.15) is 0 Å². The Morgan fingerprint density at radius 3 is 2.36 bits per heavy atom.